The molecule has 7 heteroatoms. The Labute approximate surface area is 166 Å². The maximum Gasteiger partial charge on any atom is 0.282 e. The summed E-state index contributed by atoms with van der Waals surface area (Å²) in [4.78, 5) is 14.8. The number of benzene rings is 2. The molecule has 0 atom stereocenters. The fraction of sp³-hybridized carbons (Fsp3) is 0.476. The van der Waals surface area contributed by atoms with Crippen LogP contribution in [0.3, 0.4) is 0 Å². The van der Waals surface area contributed by atoms with Crippen LogP contribution < -0.4 is 0 Å². The summed E-state index contributed by atoms with van der Waals surface area (Å²) in [6.45, 7) is 2.78. The Morgan fingerprint density at radius 2 is 1.32 bits per heavy atom. The second-order valence-electron chi connectivity index (χ2n) is 7.54. The van der Waals surface area contributed by atoms with Gasteiger partial charge in [0, 0.05) is 44.8 Å². The van der Waals surface area contributed by atoms with E-state index in [1.54, 1.807) is 13.5 Å². The van der Waals surface area contributed by atoms with E-state index in [2.05, 4.69) is 0 Å². The van der Waals surface area contributed by atoms with Crippen molar-refractivity contribution in [2.75, 3.05) is 39.3 Å². The van der Waals surface area contributed by atoms with Crippen LogP contribution in [-0.2, 0) is 10.2 Å². The molecule has 2 aromatic carbocycles. The largest absolute Gasteiger partial charge is 0.336 e. The molecule has 2 saturated heterocycles. The van der Waals surface area contributed by atoms with E-state index in [4.69, 9.17) is 0 Å². The Balaban J connectivity index is 1.45. The summed E-state index contributed by atoms with van der Waals surface area (Å²) in [6, 6.07) is 13.6. The van der Waals surface area contributed by atoms with E-state index in [9.17, 15) is 13.2 Å². The van der Waals surface area contributed by atoms with Crippen LogP contribution in [0.2, 0.25) is 0 Å². The Morgan fingerprint density at radius 1 is 0.714 bits per heavy atom. The molecule has 2 aromatic rings. The maximum atomic E-state index is 13.1. The van der Waals surface area contributed by atoms with E-state index in [-0.39, 0.29) is 5.91 Å². The van der Waals surface area contributed by atoms with Crippen molar-refractivity contribution in [3.8, 4) is 0 Å². The molecule has 2 heterocycles. The summed E-state index contributed by atoms with van der Waals surface area (Å²) >= 11 is 0. The third kappa shape index (κ3) is 3.79. The van der Waals surface area contributed by atoms with Crippen molar-refractivity contribution in [2.45, 2.75) is 25.7 Å². The molecule has 0 N–H and O–H groups in total. The summed E-state index contributed by atoms with van der Waals surface area (Å²) in [5.74, 6) is -0.0244. The van der Waals surface area contributed by atoms with Gasteiger partial charge < -0.3 is 4.90 Å². The molecule has 0 spiro atoms. The third-order valence-corrected chi connectivity index (χ3v) is 7.80. The van der Waals surface area contributed by atoms with Crippen molar-refractivity contribution in [2.24, 2.45) is 0 Å². The molecule has 2 fully saturated rings. The standard InChI is InChI=1S/C21H27N3O3S/c25-21(20-11-7-9-18-8-3-4-10-19(18)20)22-14-16-24(17-15-22)28(26,27)23-12-5-1-2-6-13-23/h3-4,7-11H,1-2,5-6,12-17H2. The van der Waals surface area contributed by atoms with Crippen LogP contribution >= 0.6 is 0 Å². The average molecular weight is 402 g/mol. The lowest BCUT2D eigenvalue weighted by Gasteiger charge is -2.36. The van der Waals surface area contributed by atoms with Gasteiger partial charge in [-0.2, -0.15) is 17.0 Å². The molecule has 28 heavy (non-hydrogen) atoms. The highest BCUT2D eigenvalue weighted by Gasteiger charge is 2.33. The minimum atomic E-state index is -3.43. The van der Waals surface area contributed by atoms with Gasteiger partial charge in [0.15, 0.2) is 0 Å². The fourth-order valence-electron chi connectivity index (χ4n) is 4.14. The van der Waals surface area contributed by atoms with Crippen molar-refractivity contribution >= 4 is 26.9 Å². The van der Waals surface area contributed by atoms with Crippen LogP contribution in [-0.4, -0.2) is 67.1 Å². The molecule has 6 nitrogen and oxygen atoms in total. The van der Waals surface area contributed by atoms with E-state index >= 15 is 0 Å². The molecule has 2 aliphatic rings. The lowest BCUT2D eigenvalue weighted by atomic mass is 10.0. The summed E-state index contributed by atoms with van der Waals surface area (Å²) in [5.41, 5.74) is 0.682. The average Bonchev–Trinajstić information content (AvgIpc) is 3.03. The lowest BCUT2D eigenvalue weighted by molar-refractivity contribution is 0.0696. The van der Waals surface area contributed by atoms with Crippen molar-refractivity contribution in [1.29, 1.82) is 0 Å². The molecule has 4 rings (SSSR count). The highest BCUT2D eigenvalue weighted by Crippen LogP contribution is 2.22. The molecule has 0 aromatic heterocycles. The molecule has 0 bridgehead atoms. The monoisotopic (exact) mass is 401 g/mol. The number of piperazine rings is 1. The maximum absolute atomic E-state index is 13.1. The van der Waals surface area contributed by atoms with Crippen LogP contribution in [0.4, 0.5) is 0 Å². The minimum absolute atomic E-state index is 0.0244. The van der Waals surface area contributed by atoms with E-state index in [1.807, 2.05) is 42.5 Å². The van der Waals surface area contributed by atoms with Gasteiger partial charge in [0.1, 0.15) is 0 Å². The zero-order chi connectivity index (χ0) is 19.6. The van der Waals surface area contributed by atoms with Gasteiger partial charge in [-0.1, -0.05) is 49.2 Å². The van der Waals surface area contributed by atoms with E-state index in [1.165, 1.54) is 0 Å². The lowest BCUT2D eigenvalue weighted by Crippen LogP contribution is -2.54. The molecule has 0 saturated carbocycles. The van der Waals surface area contributed by atoms with Crippen LogP contribution in [0.5, 0.6) is 0 Å². The van der Waals surface area contributed by atoms with Gasteiger partial charge in [-0.3, -0.25) is 4.79 Å². The van der Waals surface area contributed by atoms with Gasteiger partial charge in [0.2, 0.25) is 0 Å². The number of nitrogens with zero attached hydrogens (tertiary/aromatic N) is 3. The Bertz CT molecular complexity index is 939. The zero-order valence-electron chi connectivity index (χ0n) is 16.1. The Kier molecular flexibility index (Phi) is 5.66. The molecule has 0 radical (unpaired) electrons. The summed E-state index contributed by atoms with van der Waals surface area (Å²) < 4.78 is 29.1. The first-order valence-electron chi connectivity index (χ1n) is 10.1. The first-order valence-corrected chi connectivity index (χ1v) is 11.5. The predicted octanol–water partition coefficient (Wildman–Crippen LogP) is 2.72. The summed E-state index contributed by atoms with van der Waals surface area (Å²) in [5, 5.41) is 1.98. The van der Waals surface area contributed by atoms with Crippen LogP contribution in [0.1, 0.15) is 36.0 Å². The number of carbonyl (C=O) groups excluding carboxylic acids is 1. The topological polar surface area (TPSA) is 60.9 Å². The van der Waals surface area contributed by atoms with E-state index in [0.717, 1.165) is 36.5 Å². The Hall–Kier alpha value is -1.96. The smallest absolute Gasteiger partial charge is 0.282 e. The predicted molar refractivity (Wildman–Crippen MR) is 110 cm³/mol. The van der Waals surface area contributed by atoms with Crippen LogP contribution in [0, 0.1) is 0 Å². The second-order valence-corrected chi connectivity index (χ2v) is 9.47. The van der Waals surface area contributed by atoms with Crippen molar-refractivity contribution < 1.29 is 13.2 Å². The van der Waals surface area contributed by atoms with Gasteiger partial charge in [0.25, 0.3) is 16.1 Å². The molecule has 0 unspecified atom stereocenters. The van der Waals surface area contributed by atoms with Crippen molar-refractivity contribution in [3.05, 3.63) is 48.0 Å². The normalized spacial score (nSPS) is 20.2. The zero-order valence-corrected chi connectivity index (χ0v) is 16.9. The fourth-order valence-corrected chi connectivity index (χ4v) is 5.81. The van der Waals surface area contributed by atoms with Crippen molar-refractivity contribution in [3.63, 3.8) is 0 Å². The first kappa shape index (κ1) is 19.4. The number of carbonyl (C=O) groups is 1. The minimum Gasteiger partial charge on any atom is -0.336 e. The van der Waals surface area contributed by atoms with Gasteiger partial charge in [-0.05, 0) is 29.7 Å². The van der Waals surface area contributed by atoms with Gasteiger partial charge in [-0.15, -0.1) is 0 Å². The molecule has 1 amide bonds. The molecule has 150 valence electrons. The van der Waals surface area contributed by atoms with Gasteiger partial charge >= 0.3 is 0 Å². The molecule has 0 aliphatic carbocycles. The van der Waals surface area contributed by atoms with Crippen molar-refractivity contribution in [1.82, 2.24) is 13.5 Å². The number of hydrogen-bond acceptors (Lipinski definition) is 3. The summed E-state index contributed by atoms with van der Waals surface area (Å²) in [7, 11) is -3.43. The Morgan fingerprint density at radius 3 is 2.04 bits per heavy atom. The van der Waals surface area contributed by atoms with Gasteiger partial charge in [0.05, 0.1) is 0 Å². The van der Waals surface area contributed by atoms with E-state index < -0.39 is 10.2 Å². The highest BCUT2D eigenvalue weighted by molar-refractivity contribution is 7.86. The number of hydrogen-bond donors (Lipinski definition) is 0. The molecular weight excluding hydrogens is 374 g/mol. The first-order chi connectivity index (χ1) is 13.6. The number of rotatable bonds is 3. The van der Waals surface area contributed by atoms with Crippen LogP contribution in [0.25, 0.3) is 10.8 Å². The third-order valence-electron chi connectivity index (χ3n) is 5.76. The summed E-state index contributed by atoms with van der Waals surface area (Å²) in [6.07, 6.45) is 4.05. The number of amides is 1. The number of fused-ring (bicyclic) bond motifs is 1. The highest BCUT2D eigenvalue weighted by atomic mass is 32.2. The van der Waals surface area contributed by atoms with E-state index in [0.29, 0.717) is 44.8 Å². The van der Waals surface area contributed by atoms with Crippen LogP contribution in [0.15, 0.2) is 42.5 Å². The molecular formula is C21H27N3O3S. The second kappa shape index (κ2) is 8.19. The quantitative estimate of drug-likeness (QED) is 0.795. The van der Waals surface area contributed by atoms with Gasteiger partial charge in [-0.25, -0.2) is 0 Å². The SMILES string of the molecule is O=C(c1cccc2ccccc12)N1CCN(S(=O)(=O)N2CCCCCC2)CC1. The molecule has 2 aliphatic heterocycles.